The molecule has 1 aliphatic carbocycles. The van der Waals surface area contributed by atoms with Gasteiger partial charge in [-0.3, -0.25) is 4.57 Å². The van der Waals surface area contributed by atoms with E-state index in [2.05, 4.69) is 54.3 Å². The number of aryl methyl sites for hydroxylation is 1. The Morgan fingerprint density at radius 2 is 1.97 bits per heavy atom. The molecule has 0 fully saturated rings. The fraction of sp³-hybridized carbons (Fsp3) is 0.214. The Bertz CT molecular complexity index is 1800. The van der Waals surface area contributed by atoms with Crippen LogP contribution in [0.3, 0.4) is 0 Å². The van der Waals surface area contributed by atoms with Crippen molar-refractivity contribution in [3.8, 4) is 22.9 Å². The zero-order valence-electron chi connectivity index (χ0n) is 21.7. The largest absolute Gasteiger partial charge is 0.383 e. The first-order valence-electron chi connectivity index (χ1n) is 12.8. The molecule has 0 spiro atoms. The van der Waals surface area contributed by atoms with Crippen molar-refractivity contribution in [3.63, 3.8) is 0 Å². The third kappa shape index (κ3) is 4.03. The number of benzene rings is 1. The summed E-state index contributed by atoms with van der Waals surface area (Å²) >= 11 is 0. The van der Waals surface area contributed by atoms with E-state index >= 15 is 0 Å². The van der Waals surface area contributed by atoms with Gasteiger partial charge in [0.25, 0.3) is 0 Å². The number of aromatic nitrogens is 9. The highest BCUT2D eigenvalue weighted by molar-refractivity contribution is 5.83. The standard InChI is InChI=1S/C28H27N11/c1-36(2)16-19-17-38(35-34-19)24-10-6-18-15-20(7-8-21(18)24)39-27(22-5-3-12-30-26(22)29)32-23-9-11-25(33-28(23)39)37-14-4-13-31-37/h3-5,7-9,11-15,17,24H,6,10,16H2,1-2H3,(H2,29,30)/t24-/m0/s1. The van der Waals surface area contributed by atoms with Crippen molar-refractivity contribution in [2.24, 2.45) is 0 Å². The van der Waals surface area contributed by atoms with E-state index in [-0.39, 0.29) is 6.04 Å². The summed E-state index contributed by atoms with van der Waals surface area (Å²) in [5.74, 6) is 1.82. The Labute approximate surface area is 224 Å². The first kappa shape index (κ1) is 23.2. The van der Waals surface area contributed by atoms with Crippen LogP contribution >= 0.6 is 0 Å². The molecule has 0 saturated heterocycles. The first-order chi connectivity index (χ1) is 19.0. The van der Waals surface area contributed by atoms with E-state index in [1.807, 2.05) is 55.3 Å². The van der Waals surface area contributed by atoms with Crippen LogP contribution in [0.25, 0.3) is 34.1 Å². The number of nitrogens with zero attached hydrogens (tertiary/aromatic N) is 10. The van der Waals surface area contributed by atoms with E-state index in [0.29, 0.717) is 17.5 Å². The summed E-state index contributed by atoms with van der Waals surface area (Å²) < 4.78 is 5.80. The number of hydrogen-bond acceptors (Lipinski definition) is 8. The lowest BCUT2D eigenvalue weighted by atomic mass is 10.1. The number of fused-ring (bicyclic) bond motifs is 2. The first-order valence-corrected chi connectivity index (χ1v) is 12.8. The fourth-order valence-electron chi connectivity index (χ4n) is 5.37. The zero-order valence-corrected chi connectivity index (χ0v) is 21.7. The van der Waals surface area contributed by atoms with Crippen LogP contribution in [-0.2, 0) is 13.0 Å². The monoisotopic (exact) mass is 517 g/mol. The molecule has 0 bridgehead atoms. The predicted molar refractivity (Wildman–Crippen MR) is 148 cm³/mol. The molecular formula is C28H27N11. The van der Waals surface area contributed by atoms with Gasteiger partial charge in [0.15, 0.2) is 17.3 Å². The number of nitrogens with two attached hydrogens (primary N) is 1. The molecule has 1 aliphatic rings. The van der Waals surface area contributed by atoms with Gasteiger partial charge in [0.1, 0.15) is 11.3 Å². The average Bonchev–Trinajstić information content (AvgIpc) is 3.73. The van der Waals surface area contributed by atoms with Gasteiger partial charge < -0.3 is 10.6 Å². The lowest BCUT2D eigenvalue weighted by molar-refractivity contribution is 0.396. The fourth-order valence-corrected chi connectivity index (χ4v) is 5.37. The number of anilines is 1. The maximum absolute atomic E-state index is 6.32. The molecule has 0 radical (unpaired) electrons. The molecule has 1 atom stereocenters. The molecule has 0 amide bonds. The van der Waals surface area contributed by atoms with Gasteiger partial charge in [-0.2, -0.15) is 5.10 Å². The molecule has 0 saturated carbocycles. The Balaban J connectivity index is 1.35. The maximum atomic E-state index is 6.32. The smallest absolute Gasteiger partial charge is 0.167 e. The molecule has 39 heavy (non-hydrogen) atoms. The molecule has 7 rings (SSSR count). The van der Waals surface area contributed by atoms with E-state index in [9.17, 15) is 0 Å². The molecule has 5 aromatic heterocycles. The van der Waals surface area contributed by atoms with Gasteiger partial charge in [-0.05, 0) is 80.5 Å². The van der Waals surface area contributed by atoms with E-state index in [1.54, 1.807) is 17.1 Å². The second-order valence-corrected chi connectivity index (χ2v) is 10.0. The van der Waals surface area contributed by atoms with Crippen LogP contribution in [0, 0.1) is 0 Å². The van der Waals surface area contributed by atoms with E-state index in [1.165, 1.54) is 11.1 Å². The zero-order chi connectivity index (χ0) is 26.5. The summed E-state index contributed by atoms with van der Waals surface area (Å²) in [6.45, 7) is 0.764. The molecule has 6 aromatic rings. The molecule has 194 valence electrons. The van der Waals surface area contributed by atoms with Crippen molar-refractivity contribution in [2.45, 2.75) is 25.4 Å². The molecule has 2 N–H and O–H groups in total. The SMILES string of the molecule is CN(C)Cc1cn([C@H]2CCc3cc(-n4c(-c5cccnc5N)nc5ccc(-n6cccn6)nc54)ccc32)nn1. The van der Waals surface area contributed by atoms with Crippen LogP contribution in [0.15, 0.2) is 73.3 Å². The summed E-state index contributed by atoms with van der Waals surface area (Å²) in [5, 5.41) is 13.2. The molecule has 0 aliphatic heterocycles. The number of rotatable bonds is 6. The number of hydrogen-bond donors (Lipinski definition) is 1. The third-order valence-electron chi connectivity index (χ3n) is 7.09. The van der Waals surface area contributed by atoms with Crippen molar-refractivity contribution < 1.29 is 0 Å². The topological polar surface area (TPSA) is 121 Å². The number of pyridine rings is 2. The van der Waals surface area contributed by atoms with Crippen molar-refractivity contribution in [1.82, 2.24) is 49.2 Å². The average molecular weight is 518 g/mol. The minimum Gasteiger partial charge on any atom is -0.383 e. The Kier molecular flexibility index (Phi) is 5.44. The van der Waals surface area contributed by atoms with Gasteiger partial charge in [0, 0.05) is 30.8 Å². The number of nitrogen functional groups attached to an aromatic ring is 1. The second kappa shape index (κ2) is 9.14. The maximum Gasteiger partial charge on any atom is 0.167 e. The van der Waals surface area contributed by atoms with Crippen molar-refractivity contribution in [2.75, 3.05) is 19.8 Å². The molecule has 11 heteroatoms. The third-order valence-corrected chi connectivity index (χ3v) is 7.09. The second-order valence-electron chi connectivity index (χ2n) is 10.0. The summed E-state index contributed by atoms with van der Waals surface area (Å²) in [4.78, 5) is 16.3. The van der Waals surface area contributed by atoms with Gasteiger partial charge in [-0.25, -0.2) is 24.3 Å². The summed E-state index contributed by atoms with van der Waals surface area (Å²) in [5.41, 5.74) is 13.0. The Morgan fingerprint density at radius 1 is 1.05 bits per heavy atom. The van der Waals surface area contributed by atoms with Gasteiger partial charge >= 0.3 is 0 Å². The van der Waals surface area contributed by atoms with Gasteiger partial charge in [-0.15, -0.1) is 5.10 Å². The quantitative estimate of drug-likeness (QED) is 0.357. The molecule has 0 unspecified atom stereocenters. The predicted octanol–water partition coefficient (Wildman–Crippen LogP) is 3.44. The molecule has 5 heterocycles. The summed E-state index contributed by atoms with van der Waals surface area (Å²) in [6.07, 6.45) is 9.27. The lowest BCUT2D eigenvalue weighted by Crippen LogP contribution is -2.11. The van der Waals surface area contributed by atoms with E-state index < -0.39 is 0 Å². The van der Waals surface area contributed by atoms with E-state index in [0.717, 1.165) is 47.5 Å². The Hall–Kier alpha value is -4.90. The van der Waals surface area contributed by atoms with Crippen LogP contribution in [0.1, 0.15) is 29.3 Å². The lowest BCUT2D eigenvalue weighted by Gasteiger charge is -2.14. The summed E-state index contributed by atoms with van der Waals surface area (Å²) in [7, 11) is 4.07. The minimum absolute atomic E-state index is 0.162. The minimum atomic E-state index is 0.162. The normalized spacial score (nSPS) is 14.9. The van der Waals surface area contributed by atoms with Crippen LogP contribution < -0.4 is 5.73 Å². The highest BCUT2D eigenvalue weighted by Gasteiger charge is 2.27. The highest BCUT2D eigenvalue weighted by atomic mass is 15.4. The van der Waals surface area contributed by atoms with Crippen molar-refractivity contribution in [1.29, 1.82) is 0 Å². The van der Waals surface area contributed by atoms with Crippen molar-refractivity contribution >= 4 is 17.0 Å². The Morgan fingerprint density at radius 3 is 2.79 bits per heavy atom. The van der Waals surface area contributed by atoms with E-state index in [4.69, 9.17) is 15.7 Å². The molecular weight excluding hydrogens is 490 g/mol. The molecule has 11 nitrogen and oxygen atoms in total. The van der Waals surface area contributed by atoms with Crippen LogP contribution in [0.2, 0.25) is 0 Å². The van der Waals surface area contributed by atoms with Crippen LogP contribution in [0.4, 0.5) is 5.82 Å². The van der Waals surface area contributed by atoms with Crippen LogP contribution in [-0.4, -0.2) is 63.3 Å². The van der Waals surface area contributed by atoms with Gasteiger partial charge in [0.05, 0.1) is 23.5 Å². The van der Waals surface area contributed by atoms with Crippen molar-refractivity contribution in [3.05, 3.63) is 90.1 Å². The van der Waals surface area contributed by atoms with Gasteiger partial charge in [0.2, 0.25) is 0 Å². The van der Waals surface area contributed by atoms with Gasteiger partial charge in [-0.1, -0.05) is 11.3 Å². The summed E-state index contributed by atoms with van der Waals surface area (Å²) in [6, 6.07) is 16.3. The number of imidazole rings is 1. The molecule has 1 aromatic carbocycles. The highest BCUT2D eigenvalue weighted by Crippen LogP contribution is 2.37. The van der Waals surface area contributed by atoms with Crippen LogP contribution in [0.5, 0.6) is 0 Å².